The molecule has 0 radical (unpaired) electrons. The lowest BCUT2D eigenvalue weighted by molar-refractivity contribution is 0.0600. The molecule has 1 aliphatic rings. The molecule has 0 saturated carbocycles. The molecule has 2 aromatic carbocycles. The van der Waals surface area contributed by atoms with Crippen LogP contribution < -0.4 is 5.32 Å². The lowest BCUT2D eigenvalue weighted by Crippen LogP contribution is -2.49. The van der Waals surface area contributed by atoms with Gasteiger partial charge in [0.2, 0.25) is 0 Å². The molecule has 27 heavy (non-hydrogen) atoms. The Balaban J connectivity index is 1.51. The van der Waals surface area contributed by atoms with E-state index in [0.717, 1.165) is 25.2 Å². The number of benzene rings is 2. The number of halogens is 1. The highest BCUT2D eigenvalue weighted by Crippen LogP contribution is 2.14. The van der Waals surface area contributed by atoms with Crippen molar-refractivity contribution in [2.75, 3.05) is 38.6 Å². The van der Waals surface area contributed by atoms with E-state index in [1.54, 1.807) is 41.3 Å². The van der Waals surface area contributed by atoms with Crippen LogP contribution in [-0.4, -0.2) is 55.1 Å². The van der Waals surface area contributed by atoms with Crippen molar-refractivity contribution >= 4 is 17.7 Å². The zero-order valence-corrected chi connectivity index (χ0v) is 15.2. The van der Waals surface area contributed by atoms with Crippen molar-refractivity contribution in [3.05, 3.63) is 65.5 Å². The number of carbonyl (C=O) groups is 2. The molecular formula is C20H22FN3O3. The SMILES string of the molecule is COC(=O)c1cccc(NC(=O)N2CCN(Cc3ccc(F)cc3)CC2)c1. The molecule has 2 aromatic rings. The fourth-order valence-corrected chi connectivity index (χ4v) is 3.00. The molecule has 0 aliphatic carbocycles. The monoisotopic (exact) mass is 371 g/mol. The Morgan fingerprint density at radius 1 is 1.07 bits per heavy atom. The van der Waals surface area contributed by atoms with Gasteiger partial charge in [-0.05, 0) is 35.9 Å². The molecule has 1 heterocycles. The minimum absolute atomic E-state index is 0.196. The Bertz CT molecular complexity index is 802. The number of amides is 2. The van der Waals surface area contributed by atoms with E-state index in [1.165, 1.54) is 19.2 Å². The van der Waals surface area contributed by atoms with Gasteiger partial charge in [0, 0.05) is 38.4 Å². The molecule has 0 spiro atoms. The molecule has 3 rings (SSSR count). The first-order valence-corrected chi connectivity index (χ1v) is 8.76. The summed E-state index contributed by atoms with van der Waals surface area (Å²) in [4.78, 5) is 28.0. The van der Waals surface area contributed by atoms with Crippen LogP contribution in [0.2, 0.25) is 0 Å². The average Bonchev–Trinajstić information content (AvgIpc) is 2.70. The van der Waals surface area contributed by atoms with Crippen molar-refractivity contribution in [2.24, 2.45) is 0 Å². The quantitative estimate of drug-likeness (QED) is 0.840. The summed E-state index contributed by atoms with van der Waals surface area (Å²) in [6.07, 6.45) is 0. The Morgan fingerprint density at radius 3 is 2.44 bits per heavy atom. The molecule has 0 aromatic heterocycles. The molecule has 1 aliphatic heterocycles. The van der Waals surface area contributed by atoms with Crippen molar-refractivity contribution < 1.29 is 18.7 Å². The van der Waals surface area contributed by atoms with Crippen molar-refractivity contribution in [3.63, 3.8) is 0 Å². The predicted octanol–water partition coefficient (Wildman–Crippen LogP) is 2.96. The lowest BCUT2D eigenvalue weighted by Gasteiger charge is -2.34. The third-order valence-electron chi connectivity index (χ3n) is 4.51. The van der Waals surface area contributed by atoms with Gasteiger partial charge < -0.3 is 15.0 Å². The maximum atomic E-state index is 13.0. The molecule has 0 atom stereocenters. The largest absolute Gasteiger partial charge is 0.465 e. The first kappa shape index (κ1) is 18.8. The van der Waals surface area contributed by atoms with Gasteiger partial charge in [-0.2, -0.15) is 0 Å². The zero-order valence-electron chi connectivity index (χ0n) is 15.2. The Kier molecular flexibility index (Phi) is 6.03. The highest BCUT2D eigenvalue weighted by molar-refractivity contribution is 5.93. The topological polar surface area (TPSA) is 61.9 Å². The number of methoxy groups -OCH3 is 1. The van der Waals surface area contributed by atoms with Gasteiger partial charge in [0.1, 0.15) is 5.82 Å². The number of rotatable bonds is 4. The van der Waals surface area contributed by atoms with E-state index in [2.05, 4.69) is 10.2 Å². The molecule has 0 bridgehead atoms. The maximum absolute atomic E-state index is 13.0. The second kappa shape index (κ2) is 8.64. The van der Waals surface area contributed by atoms with E-state index < -0.39 is 5.97 Å². The second-order valence-corrected chi connectivity index (χ2v) is 6.39. The van der Waals surface area contributed by atoms with Gasteiger partial charge in [-0.1, -0.05) is 18.2 Å². The van der Waals surface area contributed by atoms with E-state index in [9.17, 15) is 14.0 Å². The summed E-state index contributed by atoms with van der Waals surface area (Å²) < 4.78 is 17.7. The van der Waals surface area contributed by atoms with Gasteiger partial charge in [0.15, 0.2) is 0 Å². The third kappa shape index (κ3) is 5.04. The lowest BCUT2D eigenvalue weighted by atomic mass is 10.2. The maximum Gasteiger partial charge on any atom is 0.337 e. The van der Waals surface area contributed by atoms with E-state index >= 15 is 0 Å². The van der Waals surface area contributed by atoms with Gasteiger partial charge in [0.25, 0.3) is 0 Å². The van der Waals surface area contributed by atoms with Crippen molar-refractivity contribution in [1.82, 2.24) is 9.80 Å². The first-order chi connectivity index (χ1) is 13.0. The summed E-state index contributed by atoms with van der Waals surface area (Å²) >= 11 is 0. The number of esters is 1. The molecule has 2 amide bonds. The zero-order chi connectivity index (χ0) is 19.2. The fraction of sp³-hybridized carbons (Fsp3) is 0.300. The van der Waals surface area contributed by atoms with Crippen molar-refractivity contribution in [3.8, 4) is 0 Å². The molecule has 7 heteroatoms. The average molecular weight is 371 g/mol. The van der Waals surface area contributed by atoms with Crippen LogP contribution in [0.5, 0.6) is 0 Å². The summed E-state index contributed by atoms with van der Waals surface area (Å²) in [6.45, 7) is 3.42. The molecule has 1 saturated heterocycles. The van der Waals surface area contributed by atoms with E-state index in [4.69, 9.17) is 4.74 Å². The van der Waals surface area contributed by atoms with Crippen LogP contribution >= 0.6 is 0 Å². The summed E-state index contributed by atoms with van der Waals surface area (Å²) in [6, 6.07) is 12.9. The number of ether oxygens (including phenoxy) is 1. The number of piperazine rings is 1. The van der Waals surface area contributed by atoms with Gasteiger partial charge in [0.05, 0.1) is 12.7 Å². The summed E-state index contributed by atoms with van der Waals surface area (Å²) in [5.74, 6) is -0.683. The minimum Gasteiger partial charge on any atom is -0.465 e. The second-order valence-electron chi connectivity index (χ2n) is 6.39. The van der Waals surface area contributed by atoms with Crippen molar-refractivity contribution in [2.45, 2.75) is 6.54 Å². The molecule has 142 valence electrons. The summed E-state index contributed by atoms with van der Waals surface area (Å²) in [5, 5.41) is 2.82. The molecule has 1 N–H and O–H groups in total. The summed E-state index contributed by atoms with van der Waals surface area (Å²) in [7, 11) is 1.32. The predicted molar refractivity (Wildman–Crippen MR) is 100 cm³/mol. The first-order valence-electron chi connectivity index (χ1n) is 8.76. The molecule has 0 unspecified atom stereocenters. The van der Waals surface area contributed by atoms with Crippen LogP contribution in [0.1, 0.15) is 15.9 Å². The number of carbonyl (C=O) groups excluding carboxylic acids is 2. The van der Waals surface area contributed by atoms with E-state index in [-0.39, 0.29) is 11.8 Å². The highest BCUT2D eigenvalue weighted by atomic mass is 19.1. The highest BCUT2D eigenvalue weighted by Gasteiger charge is 2.21. The number of anilines is 1. The normalized spacial score (nSPS) is 14.7. The molecular weight excluding hydrogens is 349 g/mol. The van der Waals surface area contributed by atoms with Gasteiger partial charge in [-0.15, -0.1) is 0 Å². The third-order valence-corrected chi connectivity index (χ3v) is 4.51. The van der Waals surface area contributed by atoms with Crippen LogP contribution in [0.15, 0.2) is 48.5 Å². The van der Waals surface area contributed by atoms with Crippen LogP contribution in [0.25, 0.3) is 0 Å². The number of hydrogen-bond acceptors (Lipinski definition) is 4. The Hall–Kier alpha value is -2.93. The minimum atomic E-state index is -0.444. The number of nitrogens with zero attached hydrogens (tertiary/aromatic N) is 2. The molecule has 1 fully saturated rings. The number of urea groups is 1. The standard InChI is InChI=1S/C20H22FN3O3/c1-27-19(25)16-3-2-4-18(13-16)22-20(26)24-11-9-23(10-12-24)14-15-5-7-17(21)8-6-15/h2-8,13H,9-12,14H2,1H3,(H,22,26). The number of nitrogens with one attached hydrogen (secondary N) is 1. The van der Waals surface area contributed by atoms with Crippen molar-refractivity contribution in [1.29, 1.82) is 0 Å². The number of hydrogen-bond donors (Lipinski definition) is 1. The van der Waals surface area contributed by atoms with Gasteiger partial charge >= 0.3 is 12.0 Å². The van der Waals surface area contributed by atoms with Gasteiger partial charge in [-0.3, -0.25) is 4.90 Å². The summed E-state index contributed by atoms with van der Waals surface area (Å²) in [5.41, 5.74) is 1.99. The fourth-order valence-electron chi connectivity index (χ4n) is 3.00. The van der Waals surface area contributed by atoms with Crippen LogP contribution in [-0.2, 0) is 11.3 Å². The van der Waals surface area contributed by atoms with E-state index in [0.29, 0.717) is 24.3 Å². The van der Waals surface area contributed by atoms with Crippen LogP contribution in [0.3, 0.4) is 0 Å². The van der Waals surface area contributed by atoms with E-state index in [1.807, 2.05) is 0 Å². The van der Waals surface area contributed by atoms with Crippen LogP contribution in [0, 0.1) is 5.82 Å². The molecule has 6 nitrogen and oxygen atoms in total. The Morgan fingerprint density at radius 2 is 1.78 bits per heavy atom. The van der Waals surface area contributed by atoms with Gasteiger partial charge in [-0.25, -0.2) is 14.0 Å². The smallest absolute Gasteiger partial charge is 0.337 e. The van der Waals surface area contributed by atoms with Crippen LogP contribution in [0.4, 0.5) is 14.9 Å². The Labute approximate surface area is 157 Å².